The average molecular weight is 294 g/mol. The van der Waals surface area contributed by atoms with Crippen molar-refractivity contribution in [3.63, 3.8) is 0 Å². The Balaban J connectivity index is 2.27. The molecule has 20 heavy (non-hydrogen) atoms. The van der Waals surface area contributed by atoms with Gasteiger partial charge in [0.15, 0.2) is 0 Å². The Morgan fingerprint density at radius 3 is 2.50 bits per heavy atom. The molecule has 0 spiro atoms. The molecule has 2 rings (SSSR count). The molecule has 0 aliphatic heterocycles. The number of aliphatic carboxylic acids is 1. The maximum absolute atomic E-state index is 12.3. The molecule has 0 saturated carbocycles. The van der Waals surface area contributed by atoms with Crippen LogP contribution in [0.1, 0.15) is 31.2 Å². The van der Waals surface area contributed by atoms with Crippen molar-refractivity contribution in [1.82, 2.24) is 0 Å². The van der Waals surface area contributed by atoms with Crippen LogP contribution in [0.3, 0.4) is 0 Å². The Kier molecular flexibility index (Phi) is 4.45. The molecule has 5 heteroatoms. The van der Waals surface area contributed by atoms with E-state index in [4.69, 9.17) is 16.7 Å². The molecular weight excluding hydrogens is 278 g/mol. The van der Waals surface area contributed by atoms with Gasteiger partial charge in [0.25, 0.3) is 5.91 Å². The van der Waals surface area contributed by atoms with Crippen LogP contribution in [-0.4, -0.2) is 17.0 Å². The molecule has 1 aromatic rings. The van der Waals surface area contributed by atoms with E-state index in [0.29, 0.717) is 29.1 Å². The molecule has 0 unspecified atom stereocenters. The van der Waals surface area contributed by atoms with E-state index < -0.39 is 5.97 Å². The van der Waals surface area contributed by atoms with E-state index in [0.717, 1.165) is 18.4 Å². The second kappa shape index (κ2) is 6.09. The SMILES string of the molecule is Cc1c(Cl)cccc1NC(=O)C1=C(C(=O)O)CCCC1. The first-order valence-corrected chi connectivity index (χ1v) is 6.90. The van der Waals surface area contributed by atoms with Crippen LogP contribution < -0.4 is 5.32 Å². The number of carbonyl (C=O) groups excluding carboxylic acids is 1. The Morgan fingerprint density at radius 1 is 1.20 bits per heavy atom. The molecular formula is C15H16ClNO3. The highest BCUT2D eigenvalue weighted by molar-refractivity contribution is 6.31. The lowest BCUT2D eigenvalue weighted by molar-refractivity contribution is -0.133. The number of carboxylic acid groups (broad SMARTS) is 1. The summed E-state index contributed by atoms with van der Waals surface area (Å²) < 4.78 is 0. The number of carbonyl (C=O) groups is 2. The molecule has 4 nitrogen and oxygen atoms in total. The third-order valence-corrected chi connectivity index (χ3v) is 3.93. The lowest BCUT2D eigenvalue weighted by Crippen LogP contribution is -2.21. The highest BCUT2D eigenvalue weighted by Gasteiger charge is 2.23. The van der Waals surface area contributed by atoms with Gasteiger partial charge in [0.1, 0.15) is 0 Å². The zero-order chi connectivity index (χ0) is 14.7. The molecule has 0 atom stereocenters. The summed E-state index contributed by atoms with van der Waals surface area (Å²) >= 11 is 6.00. The molecule has 1 aromatic carbocycles. The first kappa shape index (κ1) is 14.6. The standard InChI is InChI=1S/C15H16ClNO3/c1-9-12(16)7-4-8-13(9)17-14(18)10-5-2-3-6-11(10)15(19)20/h4,7-8H,2-3,5-6H2,1H3,(H,17,18)(H,19,20). The van der Waals surface area contributed by atoms with Crippen LogP contribution in [0.2, 0.25) is 5.02 Å². The van der Waals surface area contributed by atoms with E-state index in [9.17, 15) is 9.59 Å². The van der Waals surface area contributed by atoms with Gasteiger partial charge in [-0.1, -0.05) is 17.7 Å². The molecule has 2 N–H and O–H groups in total. The van der Waals surface area contributed by atoms with Crippen LogP contribution in [0.15, 0.2) is 29.3 Å². The fourth-order valence-electron chi connectivity index (χ4n) is 2.33. The zero-order valence-electron chi connectivity index (χ0n) is 11.2. The van der Waals surface area contributed by atoms with Gasteiger partial charge in [0, 0.05) is 21.9 Å². The third-order valence-electron chi connectivity index (χ3n) is 3.52. The number of halogens is 1. The molecule has 0 aromatic heterocycles. The number of hydrogen-bond donors (Lipinski definition) is 2. The fourth-order valence-corrected chi connectivity index (χ4v) is 2.51. The summed E-state index contributed by atoms with van der Waals surface area (Å²) in [6.07, 6.45) is 2.61. The maximum atomic E-state index is 12.3. The summed E-state index contributed by atoms with van der Waals surface area (Å²) in [5, 5.41) is 12.5. The first-order valence-electron chi connectivity index (χ1n) is 6.52. The van der Waals surface area contributed by atoms with Crippen molar-refractivity contribution in [2.24, 2.45) is 0 Å². The molecule has 0 bridgehead atoms. The quantitative estimate of drug-likeness (QED) is 0.896. The van der Waals surface area contributed by atoms with Gasteiger partial charge < -0.3 is 10.4 Å². The molecule has 0 radical (unpaired) electrons. The number of carboxylic acids is 1. The van der Waals surface area contributed by atoms with Gasteiger partial charge in [-0.3, -0.25) is 4.79 Å². The van der Waals surface area contributed by atoms with Crippen LogP contribution in [0.4, 0.5) is 5.69 Å². The summed E-state index contributed by atoms with van der Waals surface area (Å²) in [7, 11) is 0. The van der Waals surface area contributed by atoms with E-state index in [-0.39, 0.29) is 11.5 Å². The van der Waals surface area contributed by atoms with Crippen LogP contribution in [0.25, 0.3) is 0 Å². The largest absolute Gasteiger partial charge is 0.478 e. The van der Waals surface area contributed by atoms with E-state index in [1.165, 1.54) is 0 Å². The second-order valence-electron chi connectivity index (χ2n) is 4.84. The van der Waals surface area contributed by atoms with Crippen molar-refractivity contribution >= 4 is 29.2 Å². The van der Waals surface area contributed by atoms with Crippen LogP contribution in [0, 0.1) is 6.92 Å². The predicted molar refractivity (Wildman–Crippen MR) is 77.9 cm³/mol. The van der Waals surface area contributed by atoms with Gasteiger partial charge in [-0.2, -0.15) is 0 Å². The van der Waals surface area contributed by atoms with Crippen LogP contribution in [0.5, 0.6) is 0 Å². The van der Waals surface area contributed by atoms with E-state index in [2.05, 4.69) is 5.32 Å². The van der Waals surface area contributed by atoms with E-state index in [1.54, 1.807) is 18.2 Å². The van der Waals surface area contributed by atoms with Crippen molar-refractivity contribution in [3.05, 3.63) is 39.9 Å². The Labute approximate surface area is 122 Å². The lowest BCUT2D eigenvalue weighted by atomic mass is 9.91. The topological polar surface area (TPSA) is 66.4 Å². The second-order valence-corrected chi connectivity index (χ2v) is 5.24. The number of anilines is 1. The normalized spacial score (nSPS) is 15.1. The Hall–Kier alpha value is -1.81. The van der Waals surface area contributed by atoms with Gasteiger partial charge >= 0.3 is 5.97 Å². The summed E-state index contributed by atoms with van der Waals surface area (Å²) in [5.74, 6) is -1.34. The summed E-state index contributed by atoms with van der Waals surface area (Å²) in [6.45, 7) is 1.81. The Bertz CT molecular complexity index is 593. The number of rotatable bonds is 3. The number of benzene rings is 1. The minimum absolute atomic E-state index is 0.230. The van der Waals surface area contributed by atoms with Crippen LogP contribution in [-0.2, 0) is 9.59 Å². The lowest BCUT2D eigenvalue weighted by Gasteiger charge is -2.18. The molecule has 0 fully saturated rings. The number of amides is 1. The number of nitrogens with one attached hydrogen (secondary N) is 1. The highest BCUT2D eigenvalue weighted by atomic mass is 35.5. The van der Waals surface area contributed by atoms with Crippen LogP contribution >= 0.6 is 11.6 Å². The summed E-state index contributed by atoms with van der Waals surface area (Å²) in [4.78, 5) is 23.5. The molecule has 0 saturated heterocycles. The minimum atomic E-state index is -1.00. The molecule has 1 aliphatic carbocycles. The van der Waals surface area contributed by atoms with Crippen molar-refractivity contribution in [2.45, 2.75) is 32.6 Å². The van der Waals surface area contributed by atoms with E-state index in [1.807, 2.05) is 6.92 Å². The van der Waals surface area contributed by atoms with Crippen molar-refractivity contribution in [2.75, 3.05) is 5.32 Å². The van der Waals surface area contributed by atoms with Gasteiger partial charge in [0.2, 0.25) is 0 Å². The van der Waals surface area contributed by atoms with Gasteiger partial charge in [0.05, 0.1) is 0 Å². The van der Waals surface area contributed by atoms with Gasteiger partial charge in [-0.25, -0.2) is 4.79 Å². The Morgan fingerprint density at radius 2 is 1.85 bits per heavy atom. The van der Waals surface area contributed by atoms with Crippen molar-refractivity contribution in [3.8, 4) is 0 Å². The van der Waals surface area contributed by atoms with Gasteiger partial charge in [-0.05, 0) is 50.3 Å². The number of hydrogen-bond acceptors (Lipinski definition) is 2. The van der Waals surface area contributed by atoms with E-state index >= 15 is 0 Å². The third kappa shape index (κ3) is 3.02. The molecule has 1 aliphatic rings. The smallest absolute Gasteiger partial charge is 0.332 e. The first-order chi connectivity index (χ1) is 9.50. The zero-order valence-corrected chi connectivity index (χ0v) is 12.0. The van der Waals surface area contributed by atoms with Gasteiger partial charge in [-0.15, -0.1) is 0 Å². The molecule has 106 valence electrons. The summed E-state index contributed by atoms with van der Waals surface area (Å²) in [5.41, 5.74) is 2.00. The molecule has 0 heterocycles. The minimum Gasteiger partial charge on any atom is -0.478 e. The monoisotopic (exact) mass is 293 g/mol. The average Bonchev–Trinajstić information content (AvgIpc) is 2.43. The van der Waals surface area contributed by atoms with Crippen molar-refractivity contribution in [1.29, 1.82) is 0 Å². The predicted octanol–water partition coefficient (Wildman–Crippen LogP) is 3.54. The van der Waals surface area contributed by atoms with Crippen molar-refractivity contribution < 1.29 is 14.7 Å². The fraction of sp³-hybridized carbons (Fsp3) is 0.333. The maximum Gasteiger partial charge on any atom is 0.332 e. The molecule has 1 amide bonds. The summed E-state index contributed by atoms with van der Waals surface area (Å²) in [6, 6.07) is 5.25. The highest BCUT2D eigenvalue weighted by Crippen LogP contribution is 2.28.